The number of esters is 2. The number of rotatable bonds is 6. The van der Waals surface area contributed by atoms with Gasteiger partial charge in [0.25, 0.3) is 5.56 Å². The van der Waals surface area contributed by atoms with Crippen LogP contribution in [-0.4, -0.2) is 30.2 Å². The van der Waals surface area contributed by atoms with Crippen molar-refractivity contribution in [1.82, 2.24) is 4.57 Å². The van der Waals surface area contributed by atoms with Crippen LogP contribution >= 0.6 is 34.5 Å². The summed E-state index contributed by atoms with van der Waals surface area (Å²) >= 11 is 13.4. The lowest BCUT2D eigenvalue weighted by Gasteiger charge is -2.24. The Labute approximate surface area is 242 Å². The van der Waals surface area contributed by atoms with Crippen LogP contribution in [0.1, 0.15) is 41.6 Å². The first kappa shape index (κ1) is 27.6. The van der Waals surface area contributed by atoms with Crippen molar-refractivity contribution >= 4 is 52.6 Å². The molecule has 3 heterocycles. The van der Waals surface area contributed by atoms with Crippen LogP contribution in [-0.2, 0) is 14.3 Å². The highest BCUT2D eigenvalue weighted by Gasteiger charge is 2.33. The predicted molar refractivity (Wildman–Crippen MR) is 152 cm³/mol. The Kier molecular flexibility index (Phi) is 7.80. The molecule has 0 aliphatic carbocycles. The fraction of sp³-hybridized carbons (Fsp3) is 0.172. The Morgan fingerprint density at radius 2 is 1.85 bits per heavy atom. The van der Waals surface area contributed by atoms with Crippen LogP contribution in [0.5, 0.6) is 0 Å². The fourth-order valence-corrected chi connectivity index (χ4v) is 5.76. The first-order chi connectivity index (χ1) is 19.2. The average Bonchev–Trinajstić information content (AvgIpc) is 3.52. The fourth-order valence-electron chi connectivity index (χ4n) is 4.41. The van der Waals surface area contributed by atoms with Crippen molar-refractivity contribution in [3.8, 4) is 11.3 Å². The van der Waals surface area contributed by atoms with Gasteiger partial charge < -0.3 is 13.9 Å². The molecule has 8 nitrogen and oxygen atoms in total. The monoisotopic (exact) mass is 596 g/mol. The number of allylic oxidation sites excluding steroid dienone is 1. The van der Waals surface area contributed by atoms with Gasteiger partial charge in [0.05, 0.1) is 46.1 Å². The summed E-state index contributed by atoms with van der Waals surface area (Å²) < 4.78 is 17.9. The number of aromatic nitrogens is 1. The maximum absolute atomic E-state index is 13.7. The van der Waals surface area contributed by atoms with Gasteiger partial charge in [-0.25, -0.2) is 14.6 Å². The number of nitrogens with zero attached hydrogens (tertiary/aromatic N) is 2. The van der Waals surface area contributed by atoms with Crippen LogP contribution in [0, 0.1) is 0 Å². The third-order valence-electron chi connectivity index (χ3n) is 6.26. The van der Waals surface area contributed by atoms with E-state index >= 15 is 0 Å². The standard InChI is InChI=1S/C29H22Cl2N2O6S/c1-4-38-28(36)24-15(2)32-29-33(25(24)16-5-8-18(30)9-6-16)26(34)23(40-29)14-19-10-12-22(39-19)17-7-11-21(31)20(13-17)27(35)37-3/h5-14,25H,4H2,1-3H3/b23-14-/t25-/m0/s1. The molecule has 0 N–H and O–H groups in total. The summed E-state index contributed by atoms with van der Waals surface area (Å²) in [5.74, 6) is -0.213. The molecule has 0 saturated carbocycles. The molecule has 1 aliphatic rings. The number of benzene rings is 2. The average molecular weight is 597 g/mol. The molecular weight excluding hydrogens is 575 g/mol. The van der Waals surface area contributed by atoms with E-state index in [0.29, 0.717) is 42.7 Å². The molecule has 0 unspecified atom stereocenters. The number of hydrogen-bond acceptors (Lipinski definition) is 8. The van der Waals surface area contributed by atoms with Crippen LogP contribution in [0.3, 0.4) is 0 Å². The highest BCUT2D eigenvalue weighted by Crippen LogP contribution is 2.31. The molecule has 40 heavy (non-hydrogen) atoms. The summed E-state index contributed by atoms with van der Waals surface area (Å²) in [6, 6.07) is 14.5. The highest BCUT2D eigenvalue weighted by atomic mass is 35.5. The molecule has 0 radical (unpaired) electrons. The van der Waals surface area contributed by atoms with Gasteiger partial charge in [-0.15, -0.1) is 0 Å². The lowest BCUT2D eigenvalue weighted by molar-refractivity contribution is -0.139. The van der Waals surface area contributed by atoms with E-state index in [-0.39, 0.29) is 28.3 Å². The number of carbonyl (C=O) groups is 2. The normalized spacial score (nSPS) is 15.0. The van der Waals surface area contributed by atoms with Crippen LogP contribution < -0.4 is 14.9 Å². The van der Waals surface area contributed by atoms with Gasteiger partial charge in [0.1, 0.15) is 11.5 Å². The summed E-state index contributed by atoms with van der Waals surface area (Å²) in [7, 11) is 1.28. The topological polar surface area (TPSA) is 100 Å². The first-order valence-electron chi connectivity index (χ1n) is 12.1. The molecule has 4 aromatic rings. The SMILES string of the molecule is CCOC(=O)C1=C(C)N=c2s/c(=C\c3ccc(-c4ccc(Cl)c(C(=O)OC)c4)o3)c(=O)n2[C@H]1c1ccc(Cl)cc1. The van der Waals surface area contributed by atoms with E-state index < -0.39 is 18.0 Å². The Morgan fingerprint density at radius 1 is 1.10 bits per heavy atom. The van der Waals surface area contributed by atoms with Crippen molar-refractivity contribution in [2.24, 2.45) is 4.99 Å². The highest BCUT2D eigenvalue weighted by molar-refractivity contribution is 7.07. The number of thiazole rings is 1. The minimum atomic E-state index is -0.743. The van der Waals surface area contributed by atoms with Gasteiger partial charge in [-0.3, -0.25) is 9.36 Å². The largest absolute Gasteiger partial charge is 0.465 e. The van der Waals surface area contributed by atoms with Gasteiger partial charge in [-0.2, -0.15) is 0 Å². The van der Waals surface area contributed by atoms with E-state index in [1.54, 1.807) is 74.5 Å². The van der Waals surface area contributed by atoms with Crippen molar-refractivity contribution in [2.75, 3.05) is 13.7 Å². The minimum Gasteiger partial charge on any atom is -0.465 e. The van der Waals surface area contributed by atoms with Gasteiger partial charge in [-0.1, -0.05) is 46.7 Å². The quantitative estimate of drug-likeness (QED) is 0.285. The Hall–Kier alpha value is -3.92. The molecule has 11 heteroatoms. The maximum atomic E-state index is 13.7. The molecule has 0 saturated heterocycles. The Balaban J connectivity index is 1.60. The zero-order chi connectivity index (χ0) is 28.6. The lowest BCUT2D eigenvalue weighted by Crippen LogP contribution is -2.39. The van der Waals surface area contributed by atoms with Crippen LogP contribution in [0.15, 0.2) is 80.1 Å². The van der Waals surface area contributed by atoms with Crippen molar-refractivity contribution in [1.29, 1.82) is 0 Å². The molecule has 0 amide bonds. The Bertz CT molecular complexity index is 1850. The number of halogens is 2. The third kappa shape index (κ3) is 5.15. The number of fused-ring (bicyclic) bond motifs is 1. The van der Waals surface area contributed by atoms with Crippen LogP contribution in [0.25, 0.3) is 17.4 Å². The molecular formula is C29H22Cl2N2O6S. The van der Waals surface area contributed by atoms with Crippen molar-refractivity contribution in [3.05, 3.63) is 112 Å². The number of carbonyl (C=O) groups excluding carboxylic acids is 2. The molecule has 2 aromatic carbocycles. The smallest absolute Gasteiger partial charge is 0.339 e. The van der Waals surface area contributed by atoms with Crippen molar-refractivity contribution in [2.45, 2.75) is 19.9 Å². The lowest BCUT2D eigenvalue weighted by atomic mass is 9.96. The van der Waals surface area contributed by atoms with Gasteiger partial charge in [-0.05, 0) is 61.9 Å². The van der Waals surface area contributed by atoms with Crippen LogP contribution in [0.2, 0.25) is 10.0 Å². The van der Waals surface area contributed by atoms with Crippen molar-refractivity contribution < 1.29 is 23.5 Å². The maximum Gasteiger partial charge on any atom is 0.339 e. The first-order valence-corrected chi connectivity index (χ1v) is 13.7. The second kappa shape index (κ2) is 11.3. The summed E-state index contributed by atoms with van der Waals surface area (Å²) in [5.41, 5.74) is 1.93. The second-order valence-corrected chi connectivity index (χ2v) is 10.6. The number of hydrogen-bond donors (Lipinski definition) is 0. The molecule has 0 fully saturated rings. The van der Waals surface area contributed by atoms with E-state index in [4.69, 9.17) is 37.1 Å². The van der Waals surface area contributed by atoms with Crippen molar-refractivity contribution in [3.63, 3.8) is 0 Å². The van der Waals surface area contributed by atoms with Gasteiger partial charge >= 0.3 is 11.9 Å². The van der Waals surface area contributed by atoms with E-state index in [9.17, 15) is 14.4 Å². The van der Waals surface area contributed by atoms with Gasteiger partial charge in [0, 0.05) is 16.7 Å². The van der Waals surface area contributed by atoms with Gasteiger partial charge in [0.15, 0.2) is 4.80 Å². The summed E-state index contributed by atoms with van der Waals surface area (Å²) in [4.78, 5) is 43.8. The molecule has 2 aromatic heterocycles. The van der Waals surface area contributed by atoms with Crippen LogP contribution in [0.4, 0.5) is 0 Å². The second-order valence-electron chi connectivity index (χ2n) is 8.74. The molecule has 5 rings (SSSR count). The molecule has 1 atom stereocenters. The summed E-state index contributed by atoms with van der Waals surface area (Å²) in [5, 5.41) is 0.791. The number of ether oxygens (including phenoxy) is 2. The van der Waals surface area contributed by atoms with Gasteiger partial charge in [0.2, 0.25) is 0 Å². The zero-order valence-corrected chi connectivity index (χ0v) is 23.9. The number of furan rings is 1. The molecule has 204 valence electrons. The third-order valence-corrected chi connectivity index (χ3v) is 7.82. The Morgan fingerprint density at radius 3 is 2.55 bits per heavy atom. The predicted octanol–water partition coefficient (Wildman–Crippen LogP) is 5.15. The van der Waals surface area contributed by atoms with E-state index in [0.717, 1.165) is 0 Å². The summed E-state index contributed by atoms with van der Waals surface area (Å²) in [6.07, 6.45) is 1.62. The van der Waals surface area contributed by atoms with E-state index in [2.05, 4.69) is 4.99 Å². The molecule has 0 bridgehead atoms. The van der Waals surface area contributed by atoms with E-state index in [1.807, 2.05) is 0 Å². The molecule has 0 spiro atoms. The summed E-state index contributed by atoms with van der Waals surface area (Å²) in [6.45, 7) is 3.63. The minimum absolute atomic E-state index is 0.183. The molecule has 1 aliphatic heterocycles. The van der Waals surface area contributed by atoms with E-state index in [1.165, 1.54) is 23.0 Å². The zero-order valence-electron chi connectivity index (χ0n) is 21.6. The number of methoxy groups -OCH3 is 1.